The Kier molecular flexibility index (Phi) is 4.46. The van der Waals surface area contributed by atoms with Crippen LogP contribution in [-0.2, 0) is 0 Å². The highest BCUT2D eigenvalue weighted by atomic mass is 16.5. The summed E-state index contributed by atoms with van der Waals surface area (Å²) in [4.78, 5) is 31.2. The molecule has 0 saturated heterocycles. The van der Waals surface area contributed by atoms with Crippen molar-refractivity contribution in [2.75, 3.05) is 5.32 Å². The number of fused-ring (bicyclic) bond motifs is 2. The van der Waals surface area contributed by atoms with Gasteiger partial charge in [-0.3, -0.25) is 19.4 Å². The highest BCUT2D eigenvalue weighted by Gasteiger charge is 2.25. The summed E-state index contributed by atoms with van der Waals surface area (Å²) in [6.07, 6.45) is 5.52. The molecule has 1 amide bonds. The normalized spacial score (nSPS) is 14.5. The highest BCUT2D eigenvalue weighted by Crippen LogP contribution is 2.30. The van der Waals surface area contributed by atoms with Crippen molar-refractivity contribution in [3.63, 3.8) is 0 Å². The maximum Gasteiger partial charge on any atom is 0.267 e. The summed E-state index contributed by atoms with van der Waals surface area (Å²) >= 11 is 0. The lowest BCUT2D eigenvalue weighted by molar-refractivity contribution is 0.102. The van der Waals surface area contributed by atoms with E-state index in [1.165, 1.54) is 10.5 Å². The average Bonchev–Trinajstić information content (AvgIpc) is 3.40. The first kappa shape index (κ1) is 19.2. The number of carbonyl (C=O) groups excluding carboxylic acids is 1. The summed E-state index contributed by atoms with van der Waals surface area (Å²) in [6, 6.07) is 6.78. The first-order valence-electron chi connectivity index (χ1n) is 10.3. The molecule has 0 radical (unpaired) electrons. The van der Waals surface area contributed by atoms with Crippen LogP contribution in [0.2, 0.25) is 0 Å². The summed E-state index contributed by atoms with van der Waals surface area (Å²) < 4.78 is 8.26. The van der Waals surface area contributed by atoms with Gasteiger partial charge >= 0.3 is 0 Å². The largest absolute Gasteiger partial charge is 0.360 e. The van der Waals surface area contributed by atoms with Crippen LogP contribution in [0.15, 0.2) is 39.8 Å². The van der Waals surface area contributed by atoms with Crippen molar-refractivity contribution >= 4 is 28.4 Å². The zero-order valence-electron chi connectivity index (χ0n) is 17.3. The van der Waals surface area contributed by atoms with Crippen molar-refractivity contribution < 1.29 is 9.32 Å². The molecule has 4 heterocycles. The van der Waals surface area contributed by atoms with Gasteiger partial charge in [-0.05, 0) is 44.4 Å². The summed E-state index contributed by atoms with van der Waals surface area (Å²) in [5.74, 6) is 0.310. The van der Waals surface area contributed by atoms with Gasteiger partial charge in [0.1, 0.15) is 22.5 Å². The molecule has 1 saturated carbocycles. The monoisotopic (exact) mass is 418 g/mol. The van der Waals surface area contributed by atoms with Crippen LogP contribution in [0.4, 0.5) is 5.82 Å². The minimum absolute atomic E-state index is 0.0235. The van der Waals surface area contributed by atoms with Gasteiger partial charge in [-0.25, -0.2) is 4.98 Å². The van der Waals surface area contributed by atoms with E-state index in [4.69, 9.17) is 14.9 Å². The molecule has 4 aromatic rings. The Hall–Kier alpha value is -3.75. The van der Waals surface area contributed by atoms with Crippen LogP contribution in [-0.4, -0.2) is 25.0 Å². The Morgan fingerprint density at radius 1 is 1.23 bits per heavy atom. The van der Waals surface area contributed by atoms with Crippen LogP contribution >= 0.6 is 0 Å². The van der Waals surface area contributed by atoms with Gasteiger partial charge in [0.25, 0.3) is 11.5 Å². The summed E-state index contributed by atoms with van der Waals surface area (Å²) in [6.45, 7) is 3.62. The predicted molar refractivity (Wildman–Crippen MR) is 114 cm³/mol. The van der Waals surface area contributed by atoms with E-state index in [1.54, 1.807) is 29.8 Å². The molecule has 158 valence electrons. The smallest absolute Gasteiger partial charge is 0.267 e. The maximum absolute atomic E-state index is 13.3. The maximum atomic E-state index is 13.3. The van der Waals surface area contributed by atoms with Crippen molar-refractivity contribution in [1.29, 1.82) is 5.41 Å². The number of nitrogens with zero attached hydrogens (tertiary/aromatic N) is 4. The number of pyridine rings is 2. The number of amides is 1. The fourth-order valence-electron chi connectivity index (χ4n) is 4.36. The Morgan fingerprint density at radius 2 is 2.00 bits per heavy atom. The quantitative estimate of drug-likeness (QED) is 0.496. The molecule has 1 fully saturated rings. The van der Waals surface area contributed by atoms with E-state index < -0.39 is 5.91 Å². The topological polar surface area (TPSA) is 118 Å². The molecular weight excluding hydrogens is 396 g/mol. The van der Waals surface area contributed by atoms with Crippen LogP contribution < -0.4 is 16.4 Å². The van der Waals surface area contributed by atoms with E-state index in [-0.39, 0.29) is 28.5 Å². The lowest BCUT2D eigenvalue weighted by Gasteiger charge is -2.19. The van der Waals surface area contributed by atoms with Crippen LogP contribution in [0.1, 0.15) is 53.4 Å². The van der Waals surface area contributed by atoms with Crippen molar-refractivity contribution in [1.82, 2.24) is 19.1 Å². The summed E-state index contributed by atoms with van der Waals surface area (Å²) in [5, 5.41) is 15.6. The molecule has 0 aliphatic heterocycles. The first-order valence-corrected chi connectivity index (χ1v) is 10.3. The molecule has 0 unspecified atom stereocenters. The number of nitrogens with one attached hydrogen (secondary N) is 2. The van der Waals surface area contributed by atoms with Gasteiger partial charge in [0.05, 0.1) is 10.9 Å². The Labute approximate surface area is 176 Å². The molecule has 9 nitrogen and oxygen atoms in total. The number of aromatic nitrogens is 4. The standard InChI is InChI=1S/C22H22N6O3/c1-12-6-5-9-27-19(12)25-20-16(22(27)30)11-15(18(23)28(20)14-7-3-4-8-14)21(29)24-17-10-13(2)31-26-17/h5-6,9-11,14,23H,3-4,7-8H2,1-2H3,(H,24,26,29). The van der Waals surface area contributed by atoms with E-state index in [0.717, 1.165) is 31.2 Å². The summed E-state index contributed by atoms with van der Waals surface area (Å²) in [7, 11) is 0. The minimum Gasteiger partial charge on any atom is -0.360 e. The molecule has 31 heavy (non-hydrogen) atoms. The number of aryl methyl sites for hydroxylation is 2. The van der Waals surface area contributed by atoms with E-state index >= 15 is 0 Å². The lowest BCUT2D eigenvalue weighted by atomic mass is 10.1. The molecule has 2 N–H and O–H groups in total. The van der Waals surface area contributed by atoms with E-state index in [9.17, 15) is 9.59 Å². The van der Waals surface area contributed by atoms with Gasteiger partial charge in [-0.2, -0.15) is 0 Å². The highest BCUT2D eigenvalue weighted by molar-refractivity contribution is 6.05. The number of rotatable bonds is 3. The van der Waals surface area contributed by atoms with E-state index in [2.05, 4.69) is 10.5 Å². The first-order chi connectivity index (χ1) is 14.9. The molecule has 0 atom stereocenters. The second kappa shape index (κ2) is 7.19. The Morgan fingerprint density at radius 3 is 2.71 bits per heavy atom. The van der Waals surface area contributed by atoms with Crippen LogP contribution in [0.5, 0.6) is 0 Å². The van der Waals surface area contributed by atoms with Crippen LogP contribution in [0.25, 0.3) is 16.7 Å². The molecule has 0 bridgehead atoms. The number of hydrogen-bond donors (Lipinski definition) is 2. The third-order valence-electron chi connectivity index (χ3n) is 5.88. The number of carbonyl (C=O) groups is 1. The third kappa shape index (κ3) is 3.13. The Balaban J connectivity index is 1.79. The molecule has 5 rings (SSSR count). The summed E-state index contributed by atoms with van der Waals surface area (Å²) in [5.41, 5.74) is 1.76. The zero-order chi connectivity index (χ0) is 21.7. The van der Waals surface area contributed by atoms with Gasteiger partial charge in [-0.15, -0.1) is 0 Å². The molecule has 0 spiro atoms. The number of anilines is 1. The lowest BCUT2D eigenvalue weighted by Crippen LogP contribution is -2.33. The molecule has 0 aromatic carbocycles. The van der Waals surface area contributed by atoms with Crippen molar-refractivity contribution in [2.45, 2.75) is 45.6 Å². The van der Waals surface area contributed by atoms with Gasteiger partial charge in [0.15, 0.2) is 5.82 Å². The van der Waals surface area contributed by atoms with Crippen molar-refractivity contribution in [3.05, 3.63) is 63.2 Å². The Bertz CT molecular complexity index is 1460. The fourth-order valence-corrected chi connectivity index (χ4v) is 4.36. The van der Waals surface area contributed by atoms with Crippen LogP contribution in [0, 0.1) is 19.3 Å². The predicted octanol–water partition coefficient (Wildman–Crippen LogP) is 3.10. The van der Waals surface area contributed by atoms with Gasteiger partial charge in [0.2, 0.25) is 0 Å². The minimum atomic E-state index is -0.513. The van der Waals surface area contributed by atoms with E-state index in [0.29, 0.717) is 22.4 Å². The van der Waals surface area contributed by atoms with Gasteiger partial charge in [-0.1, -0.05) is 24.1 Å². The SMILES string of the molecule is Cc1cc(NC(=O)c2cc3c(=O)n4cccc(C)c4nc3n(C3CCCC3)c2=N)no1. The number of hydrogen-bond acceptors (Lipinski definition) is 6. The third-order valence-corrected chi connectivity index (χ3v) is 5.88. The molecule has 1 aliphatic carbocycles. The molecule has 1 aliphatic rings. The molecule has 9 heteroatoms. The van der Waals surface area contributed by atoms with E-state index in [1.807, 2.05) is 13.0 Å². The second-order valence-corrected chi connectivity index (χ2v) is 8.03. The van der Waals surface area contributed by atoms with Crippen LogP contribution in [0.3, 0.4) is 0 Å². The molecular formula is C22H22N6O3. The zero-order valence-corrected chi connectivity index (χ0v) is 17.3. The van der Waals surface area contributed by atoms with Gasteiger partial charge < -0.3 is 14.4 Å². The average molecular weight is 418 g/mol. The molecule has 4 aromatic heterocycles. The second-order valence-electron chi connectivity index (χ2n) is 8.03. The van der Waals surface area contributed by atoms with Crippen molar-refractivity contribution in [3.8, 4) is 0 Å². The van der Waals surface area contributed by atoms with Gasteiger partial charge in [0, 0.05) is 18.3 Å². The fraction of sp³-hybridized carbons (Fsp3) is 0.318. The van der Waals surface area contributed by atoms with Crippen molar-refractivity contribution in [2.24, 2.45) is 0 Å².